The first-order valence-corrected chi connectivity index (χ1v) is 3.46. The van der Waals surface area contributed by atoms with Crippen molar-refractivity contribution in [2.45, 2.75) is 0 Å². The first kappa shape index (κ1) is 4.88. The Morgan fingerprint density at radius 1 is 1.44 bits per heavy atom. The van der Waals surface area contributed by atoms with Crippen LogP contribution in [0.15, 0.2) is 17.0 Å². The fourth-order valence-electron chi connectivity index (χ4n) is 0.669. The highest BCUT2D eigenvalue weighted by molar-refractivity contribution is 7.09. The third-order valence-electron chi connectivity index (χ3n) is 1.10. The largest absolute Gasteiger partial charge is 0.233 e. The summed E-state index contributed by atoms with van der Waals surface area (Å²) in [5.41, 5.74) is 0.981. The van der Waals surface area contributed by atoms with Crippen LogP contribution in [0.2, 0.25) is 0 Å². The molecule has 2 aromatic rings. The van der Waals surface area contributed by atoms with Gasteiger partial charge in [0.1, 0.15) is 0 Å². The van der Waals surface area contributed by atoms with Crippen LogP contribution in [0.25, 0.3) is 10.9 Å². The van der Waals surface area contributed by atoms with E-state index >= 15 is 0 Å². The molecule has 3 heteroatoms. The van der Waals surface area contributed by atoms with Gasteiger partial charge in [0.25, 0.3) is 0 Å². The van der Waals surface area contributed by atoms with E-state index in [0.717, 1.165) is 10.9 Å². The summed E-state index contributed by atoms with van der Waals surface area (Å²) in [6.45, 7) is 0. The fraction of sp³-hybridized carbons (Fsp3) is 0. The molecule has 1 radical (unpaired) electrons. The van der Waals surface area contributed by atoms with Gasteiger partial charge < -0.3 is 0 Å². The van der Waals surface area contributed by atoms with Crippen LogP contribution in [0.5, 0.6) is 0 Å². The molecule has 0 spiro atoms. The lowest BCUT2D eigenvalue weighted by atomic mass is 10.4. The van der Waals surface area contributed by atoms with Crippen LogP contribution in [-0.4, -0.2) is 9.97 Å². The van der Waals surface area contributed by atoms with E-state index in [9.17, 15) is 0 Å². The van der Waals surface area contributed by atoms with Crippen LogP contribution in [0, 0.1) is 6.33 Å². The van der Waals surface area contributed by atoms with Gasteiger partial charge in [0, 0.05) is 22.3 Å². The topological polar surface area (TPSA) is 25.8 Å². The summed E-state index contributed by atoms with van der Waals surface area (Å²) in [6, 6.07) is 0. The van der Waals surface area contributed by atoms with Gasteiger partial charge in [-0.3, -0.25) is 0 Å². The Morgan fingerprint density at radius 2 is 2.44 bits per heavy atom. The third kappa shape index (κ3) is 0.695. The Morgan fingerprint density at radius 3 is 3.33 bits per heavy atom. The molecule has 0 amide bonds. The van der Waals surface area contributed by atoms with Crippen LogP contribution in [0.3, 0.4) is 0 Å². The number of thiophene rings is 1. The Labute approximate surface area is 56.2 Å². The van der Waals surface area contributed by atoms with Crippen LogP contribution in [0.1, 0.15) is 0 Å². The summed E-state index contributed by atoms with van der Waals surface area (Å²) in [5.74, 6) is 0. The zero-order chi connectivity index (χ0) is 6.10. The molecule has 0 aliphatic rings. The molecule has 0 saturated heterocycles. The molecule has 0 saturated carbocycles. The Balaban J connectivity index is 2.95. The maximum absolute atomic E-state index is 3.92. The van der Waals surface area contributed by atoms with Crippen molar-refractivity contribution in [3.05, 3.63) is 23.3 Å². The third-order valence-corrected chi connectivity index (χ3v) is 1.85. The summed E-state index contributed by atoms with van der Waals surface area (Å²) < 4.78 is 0. The maximum atomic E-state index is 3.92. The molecule has 0 bridgehead atoms. The SMILES string of the molecule is [c]1ncc2cscc2n1. The second kappa shape index (κ2) is 1.77. The Hall–Kier alpha value is -0.960. The van der Waals surface area contributed by atoms with Crippen molar-refractivity contribution in [3.63, 3.8) is 0 Å². The first-order valence-electron chi connectivity index (χ1n) is 2.52. The average Bonchev–Trinajstić information content (AvgIpc) is 2.33. The smallest absolute Gasteiger partial charge is 0.198 e. The summed E-state index contributed by atoms with van der Waals surface area (Å²) in [7, 11) is 0. The summed E-state index contributed by atoms with van der Waals surface area (Å²) in [5, 5.41) is 5.09. The van der Waals surface area contributed by atoms with Crippen LogP contribution in [0.4, 0.5) is 0 Å². The molecule has 0 N–H and O–H groups in total. The highest BCUT2D eigenvalue weighted by Crippen LogP contribution is 2.13. The Kier molecular flexibility index (Phi) is 0.960. The number of hydrogen-bond donors (Lipinski definition) is 0. The number of fused-ring (bicyclic) bond motifs is 1. The fourth-order valence-corrected chi connectivity index (χ4v) is 1.38. The predicted molar refractivity (Wildman–Crippen MR) is 36.3 cm³/mol. The quantitative estimate of drug-likeness (QED) is 0.547. The molecule has 0 aromatic carbocycles. The van der Waals surface area contributed by atoms with Crippen molar-refractivity contribution in [1.29, 1.82) is 0 Å². The molecule has 0 atom stereocenters. The van der Waals surface area contributed by atoms with E-state index in [-0.39, 0.29) is 0 Å². The molecule has 0 fully saturated rings. The lowest BCUT2D eigenvalue weighted by molar-refractivity contribution is 1.21. The molecule has 2 aromatic heterocycles. The van der Waals surface area contributed by atoms with Gasteiger partial charge in [0.2, 0.25) is 0 Å². The number of nitrogens with zero attached hydrogens (tertiary/aromatic N) is 2. The van der Waals surface area contributed by atoms with Crippen molar-refractivity contribution in [2.75, 3.05) is 0 Å². The Bertz CT molecular complexity index is 285. The van der Waals surface area contributed by atoms with Crippen molar-refractivity contribution < 1.29 is 0 Å². The minimum Gasteiger partial charge on any atom is -0.233 e. The summed E-state index contributed by atoms with van der Waals surface area (Å²) in [6.07, 6.45) is 4.29. The monoisotopic (exact) mass is 135 g/mol. The molecule has 2 heterocycles. The minimum absolute atomic E-state index is 0.981. The number of hydrogen-bond acceptors (Lipinski definition) is 3. The summed E-state index contributed by atoms with van der Waals surface area (Å²) >= 11 is 1.63. The van der Waals surface area contributed by atoms with Gasteiger partial charge in [0.05, 0.1) is 5.52 Å². The predicted octanol–water partition coefficient (Wildman–Crippen LogP) is 1.49. The molecule has 2 nitrogen and oxygen atoms in total. The van der Waals surface area contributed by atoms with Crippen molar-refractivity contribution in [3.8, 4) is 0 Å². The molecule has 9 heavy (non-hydrogen) atoms. The highest BCUT2D eigenvalue weighted by Gasteiger charge is 1.90. The number of aromatic nitrogens is 2. The summed E-state index contributed by atoms with van der Waals surface area (Å²) in [4.78, 5) is 7.67. The molecule has 43 valence electrons. The van der Waals surface area contributed by atoms with Gasteiger partial charge in [-0.05, 0) is 0 Å². The molecule has 2 rings (SSSR count). The molecule has 0 aliphatic heterocycles. The average molecular weight is 135 g/mol. The van der Waals surface area contributed by atoms with Crippen molar-refractivity contribution in [1.82, 2.24) is 9.97 Å². The maximum Gasteiger partial charge on any atom is 0.198 e. The van der Waals surface area contributed by atoms with Gasteiger partial charge in [-0.25, -0.2) is 9.97 Å². The first-order chi connectivity index (χ1) is 4.47. The molecule has 0 unspecified atom stereocenters. The lowest BCUT2D eigenvalue weighted by Crippen LogP contribution is -1.73. The van der Waals surface area contributed by atoms with E-state index < -0.39 is 0 Å². The van der Waals surface area contributed by atoms with Crippen LogP contribution >= 0.6 is 11.3 Å². The van der Waals surface area contributed by atoms with E-state index in [1.807, 2.05) is 10.8 Å². The zero-order valence-corrected chi connectivity index (χ0v) is 5.35. The van der Waals surface area contributed by atoms with Crippen molar-refractivity contribution >= 4 is 22.2 Å². The van der Waals surface area contributed by atoms with E-state index in [2.05, 4.69) is 16.3 Å². The van der Waals surface area contributed by atoms with E-state index in [0.29, 0.717) is 0 Å². The van der Waals surface area contributed by atoms with Gasteiger partial charge in [-0.15, -0.1) is 11.3 Å². The molecular weight excluding hydrogens is 132 g/mol. The second-order valence-electron chi connectivity index (χ2n) is 1.68. The van der Waals surface area contributed by atoms with Crippen molar-refractivity contribution in [2.24, 2.45) is 0 Å². The van der Waals surface area contributed by atoms with Crippen LogP contribution < -0.4 is 0 Å². The van der Waals surface area contributed by atoms with E-state index in [4.69, 9.17) is 0 Å². The van der Waals surface area contributed by atoms with E-state index in [1.54, 1.807) is 17.5 Å². The zero-order valence-electron chi connectivity index (χ0n) is 4.53. The normalized spacial score (nSPS) is 10.2. The minimum atomic E-state index is 0.981. The van der Waals surface area contributed by atoms with Gasteiger partial charge in [0.15, 0.2) is 6.33 Å². The van der Waals surface area contributed by atoms with Gasteiger partial charge in [-0.2, -0.15) is 0 Å². The van der Waals surface area contributed by atoms with Gasteiger partial charge in [-0.1, -0.05) is 0 Å². The van der Waals surface area contributed by atoms with Gasteiger partial charge >= 0.3 is 0 Å². The molecular formula is C6H3N2S. The lowest BCUT2D eigenvalue weighted by Gasteiger charge is -1.80. The molecule has 0 aliphatic carbocycles. The van der Waals surface area contributed by atoms with Crippen LogP contribution in [-0.2, 0) is 0 Å². The van der Waals surface area contributed by atoms with E-state index in [1.165, 1.54) is 0 Å². The standard InChI is InChI=1S/C6H3N2S/c1-5-2-9-3-6(5)8-4-7-1/h1-3H. The second-order valence-corrected chi connectivity index (χ2v) is 2.43. The number of rotatable bonds is 0. The highest BCUT2D eigenvalue weighted by atomic mass is 32.1.